The first-order valence-corrected chi connectivity index (χ1v) is 10.2. The lowest BCUT2D eigenvalue weighted by atomic mass is 9.91. The van der Waals surface area contributed by atoms with Crippen molar-refractivity contribution in [1.82, 2.24) is 5.32 Å². The topological polar surface area (TPSA) is 49.4 Å². The zero-order valence-corrected chi connectivity index (χ0v) is 16.9. The van der Waals surface area contributed by atoms with Gasteiger partial charge in [0.2, 0.25) is 5.91 Å². The molecule has 3 aromatic rings. The smallest absolute Gasteiger partial charge is 0.268 e. The van der Waals surface area contributed by atoms with Crippen LogP contribution >= 0.6 is 11.3 Å². The first kappa shape index (κ1) is 19.0. The number of thiophene rings is 1. The quantitative estimate of drug-likeness (QED) is 0.676. The molecule has 4 rings (SSSR count). The third-order valence-electron chi connectivity index (χ3n) is 5.10. The molecule has 2 amide bonds. The fourth-order valence-corrected chi connectivity index (χ4v) is 4.80. The second kappa shape index (κ2) is 7.94. The molecule has 29 heavy (non-hydrogen) atoms. The van der Waals surface area contributed by atoms with Crippen LogP contribution in [-0.4, -0.2) is 25.4 Å². The molecule has 1 aliphatic carbocycles. The summed E-state index contributed by atoms with van der Waals surface area (Å²) in [7, 11) is 1.56. The van der Waals surface area contributed by atoms with E-state index in [1.165, 1.54) is 32.9 Å². The summed E-state index contributed by atoms with van der Waals surface area (Å²) in [6.07, 6.45) is 7.40. The highest BCUT2D eigenvalue weighted by Gasteiger charge is 2.26. The van der Waals surface area contributed by atoms with E-state index in [1.54, 1.807) is 31.3 Å². The molecule has 0 spiro atoms. The summed E-state index contributed by atoms with van der Waals surface area (Å²) in [6, 6.07) is 17.4. The first-order chi connectivity index (χ1) is 14.1. The summed E-state index contributed by atoms with van der Waals surface area (Å²) in [6.45, 7) is -0.0670. The summed E-state index contributed by atoms with van der Waals surface area (Å²) in [5, 5.41) is 2.59. The number of aryl methyl sites for hydroxylation is 2. The second-order valence-corrected chi connectivity index (χ2v) is 7.93. The van der Waals surface area contributed by atoms with Gasteiger partial charge in [-0.2, -0.15) is 0 Å². The number of carbonyl (C=O) groups is 2. The predicted octanol–water partition coefficient (Wildman–Crippen LogP) is 3.89. The van der Waals surface area contributed by atoms with E-state index in [4.69, 9.17) is 6.42 Å². The Morgan fingerprint density at radius 1 is 1.10 bits per heavy atom. The van der Waals surface area contributed by atoms with Crippen LogP contribution in [-0.2, 0) is 17.6 Å². The van der Waals surface area contributed by atoms with Crippen molar-refractivity contribution in [2.45, 2.75) is 12.8 Å². The van der Waals surface area contributed by atoms with E-state index in [-0.39, 0.29) is 18.4 Å². The Kier molecular flexibility index (Phi) is 5.20. The van der Waals surface area contributed by atoms with Gasteiger partial charge in [-0.05, 0) is 53.8 Å². The zero-order valence-electron chi connectivity index (χ0n) is 16.1. The number of benzene rings is 2. The molecule has 0 fully saturated rings. The molecule has 2 aromatic carbocycles. The van der Waals surface area contributed by atoms with E-state index in [2.05, 4.69) is 23.4 Å². The number of terminal acetylenes is 1. The molecule has 0 radical (unpaired) electrons. The molecule has 144 valence electrons. The molecule has 0 unspecified atom stereocenters. The van der Waals surface area contributed by atoms with E-state index < -0.39 is 0 Å². The number of hydrogen-bond donors (Lipinski definition) is 1. The number of carbonyl (C=O) groups excluding carboxylic acids is 2. The van der Waals surface area contributed by atoms with Gasteiger partial charge >= 0.3 is 0 Å². The standard InChI is InChI=1S/C24H20N2O2S/c1-3-16-7-6-9-19(13-16)26(15-22(27)25-2)24(28)21-14-18-12-11-17-8-4-5-10-20(17)23(18)29-21/h1,4-10,13-14H,11-12,15H2,2H3,(H,25,27). The van der Waals surface area contributed by atoms with Crippen LogP contribution in [0.15, 0.2) is 54.6 Å². The number of nitrogens with one attached hydrogen (secondary N) is 1. The summed E-state index contributed by atoms with van der Waals surface area (Å²) < 4.78 is 0. The molecular formula is C24H20N2O2S. The normalized spacial score (nSPS) is 11.7. The largest absolute Gasteiger partial charge is 0.358 e. The van der Waals surface area contributed by atoms with E-state index in [9.17, 15) is 9.59 Å². The van der Waals surface area contributed by atoms with Crippen LogP contribution in [0.1, 0.15) is 26.4 Å². The SMILES string of the molecule is C#Cc1cccc(N(CC(=O)NC)C(=O)c2cc3c(s2)-c2ccccc2CC3)c1. The van der Waals surface area contributed by atoms with Crippen molar-refractivity contribution >= 4 is 28.8 Å². The average molecular weight is 401 g/mol. The number of nitrogens with zero attached hydrogens (tertiary/aromatic N) is 1. The van der Waals surface area contributed by atoms with Gasteiger partial charge in [0.25, 0.3) is 5.91 Å². The minimum absolute atomic E-state index is 0.0670. The summed E-state index contributed by atoms with van der Waals surface area (Å²) >= 11 is 1.49. The van der Waals surface area contributed by atoms with Gasteiger partial charge in [-0.15, -0.1) is 17.8 Å². The number of amides is 2. The number of hydrogen-bond acceptors (Lipinski definition) is 3. The molecule has 0 atom stereocenters. The molecule has 4 nitrogen and oxygen atoms in total. The van der Waals surface area contributed by atoms with Crippen molar-refractivity contribution < 1.29 is 9.59 Å². The predicted molar refractivity (Wildman–Crippen MR) is 117 cm³/mol. The first-order valence-electron chi connectivity index (χ1n) is 9.41. The highest BCUT2D eigenvalue weighted by Crippen LogP contribution is 2.40. The van der Waals surface area contributed by atoms with E-state index >= 15 is 0 Å². The van der Waals surface area contributed by atoms with Crippen molar-refractivity contribution in [1.29, 1.82) is 0 Å². The molecular weight excluding hydrogens is 380 g/mol. The fourth-order valence-electron chi connectivity index (χ4n) is 3.58. The molecule has 0 saturated carbocycles. The van der Waals surface area contributed by atoms with Gasteiger partial charge in [0.15, 0.2) is 0 Å². The molecule has 0 saturated heterocycles. The molecule has 5 heteroatoms. The van der Waals surface area contributed by atoms with E-state index in [1.807, 2.05) is 18.2 Å². The summed E-state index contributed by atoms with van der Waals surface area (Å²) in [5.74, 6) is 2.15. The van der Waals surface area contributed by atoms with Gasteiger partial charge in [0, 0.05) is 23.2 Å². The Bertz CT molecular complexity index is 1140. The van der Waals surface area contributed by atoms with Crippen molar-refractivity contribution in [2.24, 2.45) is 0 Å². The van der Waals surface area contributed by atoms with Crippen LogP contribution in [0.2, 0.25) is 0 Å². The minimum atomic E-state index is -0.240. The monoisotopic (exact) mass is 400 g/mol. The lowest BCUT2D eigenvalue weighted by Crippen LogP contribution is -2.39. The molecule has 1 N–H and O–H groups in total. The molecule has 1 aliphatic rings. The van der Waals surface area contributed by atoms with E-state index in [0.29, 0.717) is 16.1 Å². The maximum Gasteiger partial charge on any atom is 0.268 e. The number of likely N-dealkylation sites (N-methyl/N-ethyl adjacent to an activating group) is 1. The maximum absolute atomic E-state index is 13.4. The van der Waals surface area contributed by atoms with Crippen LogP contribution in [0.3, 0.4) is 0 Å². The van der Waals surface area contributed by atoms with Crippen molar-refractivity contribution in [3.63, 3.8) is 0 Å². The lowest BCUT2D eigenvalue weighted by Gasteiger charge is -2.21. The van der Waals surface area contributed by atoms with E-state index in [0.717, 1.165) is 17.7 Å². The Morgan fingerprint density at radius 2 is 1.90 bits per heavy atom. The van der Waals surface area contributed by atoms with Gasteiger partial charge in [-0.25, -0.2) is 0 Å². The van der Waals surface area contributed by atoms with Gasteiger partial charge in [0.05, 0.1) is 4.88 Å². The highest BCUT2D eigenvalue weighted by atomic mass is 32.1. The third-order valence-corrected chi connectivity index (χ3v) is 6.29. The maximum atomic E-state index is 13.4. The van der Waals surface area contributed by atoms with Crippen LogP contribution in [0.4, 0.5) is 5.69 Å². The molecule has 1 aromatic heterocycles. The Morgan fingerprint density at radius 3 is 2.69 bits per heavy atom. The van der Waals surface area contributed by atoms with Gasteiger partial charge in [-0.3, -0.25) is 14.5 Å². The van der Waals surface area contributed by atoms with Gasteiger partial charge in [0.1, 0.15) is 6.54 Å². The summed E-state index contributed by atoms with van der Waals surface area (Å²) in [4.78, 5) is 28.8. The Hall–Kier alpha value is -3.36. The van der Waals surface area contributed by atoms with Crippen molar-refractivity contribution in [3.8, 4) is 22.8 Å². The van der Waals surface area contributed by atoms with Gasteiger partial charge in [-0.1, -0.05) is 36.3 Å². The fraction of sp³-hybridized carbons (Fsp3) is 0.167. The molecule has 0 aliphatic heterocycles. The number of rotatable bonds is 4. The molecule has 0 bridgehead atoms. The summed E-state index contributed by atoms with van der Waals surface area (Å²) in [5.41, 5.74) is 4.97. The minimum Gasteiger partial charge on any atom is -0.358 e. The average Bonchev–Trinajstić information content (AvgIpc) is 3.22. The lowest BCUT2D eigenvalue weighted by molar-refractivity contribution is -0.119. The van der Waals surface area contributed by atoms with Crippen molar-refractivity contribution in [2.75, 3.05) is 18.5 Å². The Labute approximate surface area is 174 Å². The van der Waals surface area contributed by atoms with Crippen LogP contribution in [0.5, 0.6) is 0 Å². The molecule has 1 heterocycles. The zero-order chi connectivity index (χ0) is 20.4. The number of fused-ring (bicyclic) bond motifs is 3. The van der Waals surface area contributed by atoms with Crippen LogP contribution in [0, 0.1) is 12.3 Å². The van der Waals surface area contributed by atoms with Crippen LogP contribution < -0.4 is 10.2 Å². The van der Waals surface area contributed by atoms with Crippen LogP contribution in [0.25, 0.3) is 10.4 Å². The second-order valence-electron chi connectivity index (χ2n) is 6.88. The third kappa shape index (κ3) is 3.67. The Balaban J connectivity index is 1.73. The van der Waals surface area contributed by atoms with Gasteiger partial charge < -0.3 is 5.32 Å². The highest BCUT2D eigenvalue weighted by molar-refractivity contribution is 7.17. The number of anilines is 1. The van der Waals surface area contributed by atoms with Crippen molar-refractivity contribution in [3.05, 3.63) is 76.2 Å².